The number of amides is 1. The number of aromatic carboxylic acids is 1. The molecular formula is C15H16BN5O5. The van der Waals surface area contributed by atoms with Crippen molar-refractivity contribution >= 4 is 24.6 Å². The Balaban J connectivity index is 1.75. The zero-order chi connectivity index (χ0) is 18.7. The van der Waals surface area contributed by atoms with E-state index in [4.69, 9.17) is 10.4 Å². The van der Waals surface area contributed by atoms with Gasteiger partial charge in [0.15, 0.2) is 0 Å². The van der Waals surface area contributed by atoms with Crippen molar-refractivity contribution in [2.45, 2.75) is 19.4 Å². The molecule has 0 fully saturated rings. The molecule has 10 nitrogen and oxygen atoms in total. The Kier molecular flexibility index (Phi) is 5.10. The van der Waals surface area contributed by atoms with Crippen LogP contribution in [0.4, 0.5) is 0 Å². The van der Waals surface area contributed by atoms with E-state index in [-0.39, 0.29) is 29.9 Å². The summed E-state index contributed by atoms with van der Waals surface area (Å²) in [5.74, 6) is -1.61. The summed E-state index contributed by atoms with van der Waals surface area (Å²) in [6.45, 7) is 0.284. The number of fused-ring (bicyclic) bond motifs is 1. The van der Waals surface area contributed by atoms with Crippen molar-refractivity contribution in [3.8, 4) is 5.75 Å². The fourth-order valence-electron chi connectivity index (χ4n) is 2.60. The van der Waals surface area contributed by atoms with E-state index in [0.29, 0.717) is 24.2 Å². The van der Waals surface area contributed by atoms with Gasteiger partial charge in [-0.2, -0.15) is 0 Å². The van der Waals surface area contributed by atoms with Crippen LogP contribution < -0.4 is 10.4 Å². The van der Waals surface area contributed by atoms with Gasteiger partial charge in [-0.25, -0.2) is 14.5 Å². The standard InChI is InChI=1S/C15H16BN5O5/c17-5-4-10-7-21(20-19-10)8-13(22)18-12-6-9-2-1-3-11(15(23)24)14(9)26-16(12)25/h1-3,7,25H,4-6,8,17H2,(H,23,24). The maximum absolute atomic E-state index is 12.1. The molecule has 1 aromatic carbocycles. The summed E-state index contributed by atoms with van der Waals surface area (Å²) in [7, 11) is -1.49. The third-order valence-corrected chi connectivity index (χ3v) is 3.77. The van der Waals surface area contributed by atoms with Gasteiger partial charge in [0.25, 0.3) is 5.91 Å². The minimum atomic E-state index is -1.49. The number of benzene rings is 1. The number of hydrogen-bond donors (Lipinski definition) is 3. The molecular weight excluding hydrogens is 341 g/mol. The predicted octanol–water partition coefficient (Wildman–Crippen LogP) is -0.900. The number of carbonyl (C=O) groups excluding carboxylic acids is 1. The number of nitrogens with two attached hydrogens (primary N) is 1. The monoisotopic (exact) mass is 357 g/mol. The summed E-state index contributed by atoms with van der Waals surface area (Å²) in [6, 6.07) is 4.60. The molecule has 2 aromatic rings. The minimum absolute atomic E-state index is 0.0537. The highest BCUT2D eigenvalue weighted by molar-refractivity contribution is 6.82. The molecule has 0 bridgehead atoms. The van der Waals surface area contributed by atoms with Crippen molar-refractivity contribution in [2.75, 3.05) is 6.54 Å². The van der Waals surface area contributed by atoms with Crippen LogP contribution >= 0.6 is 0 Å². The summed E-state index contributed by atoms with van der Waals surface area (Å²) in [4.78, 5) is 27.2. The number of hydrogen-bond acceptors (Lipinski definition) is 7. The summed E-state index contributed by atoms with van der Waals surface area (Å²) in [5.41, 5.74) is 6.69. The van der Waals surface area contributed by atoms with Crippen molar-refractivity contribution < 1.29 is 24.4 Å². The normalized spacial score (nSPS) is 14.8. The lowest BCUT2D eigenvalue weighted by Gasteiger charge is -2.22. The maximum Gasteiger partial charge on any atom is 0.575 e. The van der Waals surface area contributed by atoms with Crippen molar-refractivity contribution in [3.63, 3.8) is 0 Å². The molecule has 2 heterocycles. The van der Waals surface area contributed by atoms with Crippen molar-refractivity contribution in [2.24, 2.45) is 10.7 Å². The van der Waals surface area contributed by atoms with Gasteiger partial charge >= 0.3 is 13.1 Å². The molecule has 1 aliphatic heterocycles. The van der Waals surface area contributed by atoms with Crippen LogP contribution in [0.2, 0.25) is 0 Å². The second-order valence-electron chi connectivity index (χ2n) is 5.69. The van der Waals surface area contributed by atoms with E-state index in [1.54, 1.807) is 18.3 Å². The Bertz CT molecular complexity index is 881. The van der Waals surface area contributed by atoms with Gasteiger partial charge in [0.05, 0.1) is 16.9 Å². The van der Waals surface area contributed by atoms with Gasteiger partial charge < -0.3 is 20.5 Å². The van der Waals surface area contributed by atoms with Gasteiger partial charge in [0.1, 0.15) is 12.3 Å². The lowest BCUT2D eigenvalue weighted by atomic mass is 9.75. The van der Waals surface area contributed by atoms with E-state index < -0.39 is 19.0 Å². The highest BCUT2D eigenvalue weighted by atomic mass is 16.5. The molecule has 0 saturated heterocycles. The second-order valence-corrected chi connectivity index (χ2v) is 5.69. The van der Waals surface area contributed by atoms with Gasteiger partial charge in [0.2, 0.25) is 0 Å². The number of carbonyl (C=O) groups is 2. The SMILES string of the molecule is NCCc1cn(CC(=O)N=C2Cc3cccc(C(=O)O)c3OB2O)nn1. The molecule has 4 N–H and O–H groups in total. The fourth-order valence-corrected chi connectivity index (χ4v) is 2.60. The van der Waals surface area contributed by atoms with E-state index in [9.17, 15) is 19.7 Å². The molecule has 0 unspecified atom stereocenters. The zero-order valence-electron chi connectivity index (χ0n) is 13.7. The molecule has 0 atom stereocenters. The first kappa shape index (κ1) is 17.8. The summed E-state index contributed by atoms with van der Waals surface area (Å²) in [5, 5.41) is 26.9. The summed E-state index contributed by atoms with van der Waals surface area (Å²) >= 11 is 0. The van der Waals surface area contributed by atoms with E-state index in [2.05, 4.69) is 15.3 Å². The van der Waals surface area contributed by atoms with Gasteiger partial charge in [-0.05, 0) is 18.2 Å². The lowest BCUT2D eigenvalue weighted by Crippen LogP contribution is -2.39. The molecule has 1 aliphatic rings. The Morgan fingerprint density at radius 3 is 2.96 bits per heavy atom. The maximum atomic E-state index is 12.1. The largest absolute Gasteiger partial charge is 0.575 e. The Labute approximate surface area is 148 Å². The highest BCUT2D eigenvalue weighted by Crippen LogP contribution is 2.29. The summed E-state index contributed by atoms with van der Waals surface area (Å²) in [6.07, 6.45) is 2.27. The molecule has 0 spiro atoms. The van der Waals surface area contributed by atoms with E-state index in [1.165, 1.54) is 10.7 Å². The highest BCUT2D eigenvalue weighted by Gasteiger charge is 2.34. The van der Waals surface area contributed by atoms with Gasteiger partial charge in [-0.15, -0.1) is 5.10 Å². The van der Waals surface area contributed by atoms with E-state index in [0.717, 1.165) is 0 Å². The van der Waals surface area contributed by atoms with Crippen molar-refractivity contribution in [3.05, 3.63) is 41.2 Å². The van der Waals surface area contributed by atoms with Crippen LogP contribution in [0.15, 0.2) is 29.4 Å². The number of para-hydroxylation sites is 1. The zero-order valence-corrected chi connectivity index (χ0v) is 13.7. The fraction of sp³-hybridized carbons (Fsp3) is 0.267. The molecule has 3 rings (SSSR count). The van der Waals surface area contributed by atoms with Crippen molar-refractivity contribution in [1.29, 1.82) is 0 Å². The number of aliphatic imine (C=N–C) groups is 1. The first-order valence-electron chi connectivity index (χ1n) is 7.87. The Morgan fingerprint density at radius 2 is 2.23 bits per heavy atom. The number of carboxylic acids is 1. The van der Waals surface area contributed by atoms with Gasteiger partial charge in [-0.1, -0.05) is 17.3 Å². The third kappa shape index (κ3) is 3.78. The molecule has 0 aliphatic carbocycles. The van der Waals surface area contributed by atoms with Crippen LogP contribution in [0.5, 0.6) is 5.75 Å². The van der Waals surface area contributed by atoms with Crippen LogP contribution in [0.3, 0.4) is 0 Å². The molecule has 0 saturated carbocycles. The average molecular weight is 357 g/mol. The topological polar surface area (TPSA) is 153 Å². The summed E-state index contributed by atoms with van der Waals surface area (Å²) < 4.78 is 6.60. The molecule has 1 aromatic heterocycles. The quantitative estimate of drug-likeness (QED) is 0.582. The van der Waals surface area contributed by atoms with Crippen LogP contribution in [-0.4, -0.2) is 56.3 Å². The van der Waals surface area contributed by atoms with Crippen LogP contribution in [0, 0.1) is 0 Å². The molecule has 134 valence electrons. The molecule has 26 heavy (non-hydrogen) atoms. The number of carboxylic acid groups (broad SMARTS) is 1. The van der Waals surface area contributed by atoms with Crippen LogP contribution in [-0.2, 0) is 24.2 Å². The molecule has 1 amide bonds. The van der Waals surface area contributed by atoms with Gasteiger partial charge in [0, 0.05) is 19.0 Å². The first-order valence-corrected chi connectivity index (χ1v) is 7.87. The van der Waals surface area contributed by atoms with Crippen molar-refractivity contribution in [1.82, 2.24) is 15.0 Å². The number of aromatic nitrogens is 3. The van der Waals surface area contributed by atoms with Gasteiger partial charge in [-0.3, -0.25) is 4.79 Å². The van der Waals surface area contributed by atoms with E-state index in [1.807, 2.05) is 0 Å². The number of nitrogens with zero attached hydrogens (tertiary/aromatic N) is 4. The first-order chi connectivity index (χ1) is 12.5. The average Bonchev–Trinajstić information content (AvgIpc) is 3.02. The van der Waals surface area contributed by atoms with E-state index >= 15 is 0 Å². The third-order valence-electron chi connectivity index (χ3n) is 3.77. The molecule has 0 radical (unpaired) electrons. The Morgan fingerprint density at radius 1 is 1.42 bits per heavy atom. The van der Waals surface area contributed by atoms with Crippen LogP contribution in [0.1, 0.15) is 21.6 Å². The predicted molar refractivity (Wildman–Crippen MR) is 90.9 cm³/mol. The molecule has 11 heteroatoms. The minimum Gasteiger partial charge on any atom is -0.531 e. The Hall–Kier alpha value is -3.05. The second kappa shape index (κ2) is 7.46. The lowest BCUT2D eigenvalue weighted by molar-refractivity contribution is -0.118. The van der Waals surface area contributed by atoms with Crippen LogP contribution in [0.25, 0.3) is 0 Å². The smallest absolute Gasteiger partial charge is 0.531 e. The number of rotatable bonds is 5.